The highest BCUT2D eigenvalue weighted by molar-refractivity contribution is 5.37. The fraction of sp³-hybridized carbons (Fsp3) is 0.647. The fourth-order valence-corrected chi connectivity index (χ4v) is 3.13. The summed E-state index contributed by atoms with van der Waals surface area (Å²) in [5.41, 5.74) is 9.15. The Morgan fingerprint density at radius 2 is 2.00 bits per heavy atom. The molecule has 1 aliphatic carbocycles. The van der Waals surface area contributed by atoms with Crippen LogP contribution in [0.5, 0.6) is 0 Å². The Morgan fingerprint density at radius 1 is 1.26 bits per heavy atom. The van der Waals surface area contributed by atoms with Gasteiger partial charge in [0.25, 0.3) is 0 Å². The van der Waals surface area contributed by atoms with Crippen LogP contribution in [-0.4, -0.2) is 18.8 Å². The summed E-state index contributed by atoms with van der Waals surface area (Å²) < 4.78 is 5.92. The minimum atomic E-state index is -0.0655. The molecule has 19 heavy (non-hydrogen) atoms. The summed E-state index contributed by atoms with van der Waals surface area (Å²) in [4.78, 5) is 0. The van der Waals surface area contributed by atoms with Crippen molar-refractivity contribution in [2.75, 3.05) is 13.2 Å². The van der Waals surface area contributed by atoms with Gasteiger partial charge in [0.2, 0.25) is 0 Å². The van der Waals surface area contributed by atoms with Crippen molar-refractivity contribution in [2.24, 2.45) is 5.73 Å². The summed E-state index contributed by atoms with van der Waals surface area (Å²) in [5.74, 6) is 0. The van der Waals surface area contributed by atoms with E-state index in [9.17, 15) is 0 Å². The molecule has 2 nitrogen and oxygen atoms in total. The molecule has 1 unspecified atom stereocenters. The minimum Gasteiger partial charge on any atom is -0.376 e. The maximum absolute atomic E-state index is 6.15. The van der Waals surface area contributed by atoms with E-state index >= 15 is 0 Å². The molecule has 0 heterocycles. The Balaban J connectivity index is 2.15. The summed E-state index contributed by atoms with van der Waals surface area (Å²) in [5, 5.41) is 0. The predicted molar refractivity (Wildman–Crippen MR) is 80.4 cm³/mol. The summed E-state index contributed by atoms with van der Waals surface area (Å²) in [6.07, 6.45) is 4.65. The molecule has 0 amide bonds. The van der Waals surface area contributed by atoms with Crippen molar-refractivity contribution in [3.8, 4) is 0 Å². The Bertz CT molecular complexity index is 422. The highest BCUT2D eigenvalue weighted by atomic mass is 16.5. The van der Waals surface area contributed by atoms with E-state index in [0.29, 0.717) is 0 Å². The molecule has 106 valence electrons. The Kier molecular flexibility index (Phi) is 4.32. The molecule has 0 bridgehead atoms. The van der Waals surface area contributed by atoms with Gasteiger partial charge in [0, 0.05) is 18.6 Å². The Morgan fingerprint density at radius 3 is 2.68 bits per heavy atom. The van der Waals surface area contributed by atoms with Gasteiger partial charge in [0.15, 0.2) is 0 Å². The number of aryl methyl sites for hydroxylation is 1. The van der Waals surface area contributed by atoms with Gasteiger partial charge in [-0.25, -0.2) is 0 Å². The van der Waals surface area contributed by atoms with Gasteiger partial charge in [0.1, 0.15) is 0 Å². The van der Waals surface area contributed by atoms with E-state index in [4.69, 9.17) is 10.5 Å². The van der Waals surface area contributed by atoms with Gasteiger partial charge in [-0.1, -0.05) is 24.3 Å². The van der Waals surface area contributed by atoms with Crippen molar-refractivity contribution in [2.45, 2.75) is 57.5 Å². The van der Waals surface area contributed by atoms with Crippen molar-refractivity contribution in [3.63, 3.8) is 0 Å². The van der Waals surface area contributed by atoms with Crippen LogP contribution in [0.15, 0.2) is 24.3 Å². The lowest BCUT2D eigenvalue weighted by Gasteiger charge is -2.39. The molecule has 2 heteroatoms. The van der Waals surface area contributed by atoms with Gasteiger partial charge < -0.3 is 10.5 Å². The van der Waals surface area contributed by atoms with Crippen molar-refractivity contribution >= 4 is 0 Å². The molecular weight excluding hydrogens is 234 g/mol. The smallest absolute Gasteiger partial charge is 0.0598 e. The minimum absolute atomic E-state index is 0.0655. The molecule has 0 radical (unpaired) electrons. The largest absolute Gasteiger partial charge is 0.376 e. The van der Waals surface area contributed by atoms with Crippen LogP contribution in [0.4, 0.5) is 0 Å². The van der Waals surface area contributed by atoms with Crippen LogP contribution in [0.25, 0.3) is 0 Å². The van der Waals surface area contributed by atoms with Crippen LogP contribution in [0.1, 0.15) is 51.2 Å². The topological polar surface area (TPSA) is 35.2 Å². The first-order chi connectivity index (χ1) is 8.97. The molecule has 2 N–H and O–H groups in total. The lowest BCUT2D eigenvalue weighted by molar-refractivity contribution is -0.0125. The number of rotatable bonds is 4. The maximum atomic E-state index is 6.15. The number of benzene rings is 1. The van der Waals surface area contributed by atoms with Crippen LogP contribution in [0.2, 0.25) is 0 Å². The summed E-state index contributed by atoms with van der Waals surface area (Å²) in [6.45, 7) is 7.83. The number of nitrogens with two attached hydrogens (primary N) is 1. The quantitative estimate of drug-likeness (QED) is 0.901. The number of fused-ring (bicyclic) bond motifs is 1. The third kappa shape index (κ3) is 3.37. The van der Waals surface area contributed by atoms with E-state index in [1.54, 1.807) is 0 Å². The van der Waals surface area contributed by atoms with Crippen molar-refractivity contribution in [1.29, 1.82) is 0 Å². The van der Waals surface area contributed by atoms with E-state index in [-0.39, 0.29) is 11.0 Å². The standard InChI is InChI=1S/C17H27NO/c1-16(2,3)19-12-11-17(13-18)10-6-8-14-7-4-5-9-15(14)17/h4-5,7,9H,6,8,10-13,18H2,1-3H3. The number of hydrogen-bond donors (Lipinski definition) is 1. The first-order valence-corrected chi connectivity index (χ1v) is 7.39. The average molecular weight is 261 g/mol. The molecule has 2 rings (SSSR count). The van der Waals surface area contributed by atoms with E-state index in [0.717, 1.165) is 19.6 Å². The fourth-order valence-electron chi connectivity index (χ4n) is 3.13. The van der Waals surface area contributed by atoms with Crippen molar-refractivity contribution < 1.29 is 4.74 Å². The van der Waals surface area contributed by atoms with E-state index in [2.05, 4.69) is 45.0 Å². The normalized spacial score (nSPS) is 23.2. The Labute approximate surface area is 117 Å². The summed E-state index contributed by atoms with van der Waals surface area (Å²) in [6, 6.07) is 8.79. The SMILES string of the molecule is CC(C)(C)OCCC1(CN)CCCc2ccccc21. The predicted octanol–water partition coefficient (Wildman–Crippen LogP) is 3.42. The molecule has 1 aromatic carbocycles. The van der Waals surface area contributed by atoms with Crippen LogP contribution < -0.4 is 5.73 Å². The first kappa shape index (κ1) is 14.5. The lowest BCUT2D eigenvalue weighted by Crippen LogP contribution is -2.40. The summed E-state index contributed by atoms with van der Waals surface area (Å²) >= 11 is 0. The molecule has 0 saturated heterocycles. The van der Waals surface area contributed by atoms with Gasteiger partial charge in [-0.15, -0.1) is 0 Å². The molecule has 1 aromatic rings. The van der Waals surface area contributed by atoms with E-state index in [1.807, 2.05) is 0 Å². The second-order valence-electron chi connectivity index (χ2n) is 6.71. The lowest BCUT2D eigenvalue weighted by atomic mass is 9.68. The highest BCUT2D eigenvalue weighted by Crippen LogP contribution is 2.39. The van der Waals surface area contributed by atoms with E-state index < -0.39 is 0 Å². The maximum Gasteiger partial charge on any atom is 0.0598 e. The monoisotopic (exact) mass is 261 g/mol. The molecule has 0 aliphatic heterocycles. The highest BCUT2D eigenvalue weighted by Gasteiger charge is 2.35. The third-order valence-corrected chi connectivity index (χ3v) is 4.20. The Hall–Kier alpha value is -0.860. The number of hydrogen-bond acceptors (Lipinski definition) is 2. The van der Waals surface area contributed by atoms with Crippen LogP contribution in [-0.2, 0) is 16.6 Å². The van der Waals surface area contributed by atoms with Gasteiger partial charge in [-0.2, -0.15) is 0 Å². The second-order valence-corrected chi connectivity index (χ2v) is 6.71. The zero-order valence-corrected chi connectivity index (χ0v) is 12.5. The molecule has 0 spiro atoms. The molecule has 0 aromatic heterocycles. The molecular formula is C17H27NO. The van der Waals surface area contributed by atoms with Gasteiger partial charge in [0.05, 0.1) is 5.60 Å². The van der Waals surface area contributed by atoms with Gasteiger partial charge in [-0.05, 0) is 57.6 Å². The van der Waals surface area contributed by atoms with E-state index in [1.165, 1.54) is 30.4 Å². The zero-order chi connectivity index (χ0) is 13.9. The van der Waals surface area contributed by atoms with Gasteiger partial charge in [-0.3, -0.25) is 0 Å². The average Bonchev–Trinajstić information content (AvgIpc) is 2.37. The van der Waals surface area contributed by atoms with Crippen LogP contribution in [0.3, 0.4) is 0 Å². The molecule has 0 saturated carbocycles. The van der Waals surface area contributed by atoms with Gasteiger partial charge >= 0.3 is 0 Å². The molecule has 1 aliphatic rings. The summed E-state index contributed by atoms with van der Waals surface area (Å²) in [7, 11) is 0. The van der Waals surface area contributed by atoms with Crippen molar-refractivity contribution in [1.82, 2.24) is 0 Å². The third-order valence-electron chi connectivity index (χ3n) is 4.20. The van der Waals surface area contributed by atoms with Crippen LogP contribution >= 0.6 is 0 Å². The van der Waals surface area contributed by atoms with Crippen LogP contribution in [0, 0.1) is 0 Å². The number of ether oxygens (including phenoxy) is 1. The molecule has 0 fully saturated rings. The first-order valence-electron chi connectivity index (χ1n) is 7.39. The zero-order valence-electron chi connectivity index (χ0n) is 12.5. The second kappa shape index (κ2) is 5.64. The van der Waals surface area contributed by atoms with Crippen molar-refractivity contribution in [3.05, 3.63) is 35.4 Å². The molecule has 1 atom stereocenters.